The van der Waals surface area contributed by atoms with Crippen LogP contribution in [0.1, 0.15) is 79.6 Å². The number of hydrogen-bond donors (Lipinski definition) is 4. The van der Waals surface area contributed by atoms with Gasteiger partial charge in [-0.25, -0.2) is 0 Å². The summed E-state index contributed by atoms with van der Waals surface area (Å²) >= 11 is 0. The Hall–Kier alpha value is -0.0631. The van der Waals surface area contributed by atoms with Crippen LogP contribution >= 0.6 is 0 Å². The van der Waals surface area contributed by atoms with E-state index in [9.17, 15) is 0 Å². The van der Waals surface area contributed by atoms with E-state index in [1.54, 1.807) is 0 Å². The van der Waals surface area contributed by atoms with Gasteiger partial charge in [0.05, 0.1) is 5.60 Å². The third kappa shape index (κ3) is 8.46. The maximum atomic E-state index is 7.20. The van der Waals surface area contributed by atoms with Gasteiger partial charge in [-0.2, -0.15) is 0 Å². The van der Waals surface area contributed by atoms with Crippen LogP contribution in [0.4, 0.5) is 0 Å². The Kier molecular flexibility index (Phi) is 16.5. The first kappa shape index (κ1) is 29.9. The standard InChI is InChI=1S/C22H52N4O3Si/c1-6-21(7-2,8-3)22(14-16-24,13-11-15-23)29-30(27-9-4,28-10-5)20-12-18-26-19-17-25/h26H,6-20,23-25H2,1-5H3. The average Bonchev–Trinajstić information content (AvgIpc) is 2.74. The molecule has 0 heterocycles. The van der Waals surface area contributed by atoms with Crippen molar-refractivity contribution in [1.29, 1.82) is 0 Å². The fourth-order valence-corrected chi connectivity index (χ4v) is 7.99. The normalized spacial score (nSPS) is 14.8. The van der Waals surface area contributed by atoms with Crippen molar-refractivity contribution in [3.05, 3.63) is 0 Å². The van der Waals surface area contributed by atoms with E-state index in [1.165, 1.54) is 0 Å². The molecular weight excluding hydrogens is 396 g/mol. The Morgan fingerprint density at radius 3 is 1.77 bits per heavy atom. The Labute approximate surface area is 187 Å². The third-order valence-electron chi connectivity index (χ3n) is 6.57. The lowest BCUT2D eigenvalue weighted by Gasteiger charge is -2.53. The van der Waals surface area contributed by atoms with Crippen LogP contribution in [0, 0.1) is 5.41 Å². The fourth-order valence-electron chi connectivity index (χ4n) is 4.89. The third-order valence-corrected chi connectivity index (χ3v) is 9.69. The molecule has 0 aromatic heterocycles. The van der Waals surface area contributed by atoms with Crippen LogP contribution < -0.4 is 22.5 Å². The molecule has 1 atom stereocenters. The molecule has 0 saturated heterocycles. The summed E-state index contributed by atoms with van der Waals surface area (Å²) in [4.78, 5) is 0. The minimum atomic E-state index is -2.90. The van der Waals surface area contributed by atoms with E-state index >= 15 is 0 Å². The lowest BCUT2D eigenvalue weighted by molar-refractivity contribution is -0.126. The Bertz CT molecular complexity index is 400. The second-order valence-electron chi connectivity index (χ2n) is 8.06. The van der Waals surface area contributed by atoms with Crippen LogP contribution in [-0.2, 0) is 13.3 Å². The van der Waals surface area contributed by atoms with Gasteiger partial charge in [0.1, 0.15) is 0 Å². The minimum absolute atomic E-state index is 0.0196. The van der Waals surface area contributed by atoms with E-state index in [0.717, 1.165) is 64.1 Å². The molecule has 0 fully saturated rings. The topological polar surface area (TPSA) is 118 Å². The summed E-state index contributed by atoms with van der Waals surface area (Å²) in [6.07, 6.45) is 6.61. The van der Waals surface area contributed by atoms with Crippen LogP contribution in [0.5, 0.6) is 0 Å². The van der Waals surface area contributed by atoms with Crippen molar-refractivity contribution in [1.82, 2.24) is 5.32 Å². The van der Waals surface area contributed by atoms with E-state index < -0.39 is 8.80 Å². The quantitative estimate of drug-likeness (QED) is 0.157. The highest BCUT2D eigenvalue weighted by Crippen LogP contribution is 2.50. The molecule has 0 aliphatic heterocycles. The zero-order chi connectivity index (χ0) is 22.9. The maximum absolute atomic E-state index is 7.20. The van der Waals surface area contributed by atoms with Gasteiger partial charge in [0.25, 0.3) is 0 Å². The molecule has 0 rings (SSSR count). The van der Waals surface area contributed by atoms with Gasteiger partial charge in [-0.15, -0.1) is 0 Å². The summed E-state index contributed by atoms with van der Waals surface area (Å²) in [5.74, 6) is 0. The zero-order valence-electron chi connectivity index (χ0n) is 20.6. The minimum Gasteiger partial charge on any atom is -0.374 e. The predicted molar refractivity (Wildman–Crippen MR) is 129 cm³/mol. The van der Waals surface area contributed by atoms with Gasteiger partial charge in [0.2, 0.25) is 0 Å². The summed E-state index contributed by atoms with van der Waals surface area (Å²) in [6.45, 7) is 15.6. The van der Waals surface area contributed by atoms with Crippen LogP contribution in [-0.4, -0.2) is 60.3 Å². The number of rotatable bonds is 21. The highest BCUT2D eigenvalue weighted by Gasteiger charge is 2.55. The monoisotopic (exact) mass is 448 g/mol. The summed E-state index contributed by atoms with van der Waals surface area (Å²) in [5, 5.41) is 3.37. The van der Waals surface area contributed by atoms with Crippen molar-refractivity contribution in [2.75, 3.05) is 45.9 Å². The van der Waals surface area contributed by atoms with Crippen molar-refractivity contribution < 1.29 is 13.3 Å². The number of nitrogens with one attached hydrogen (secondary N) is 1. The van der Waals surface area contributed by atoms with Gasteiger partial charge in [0, 0.05) is 32.3 Å². The molecule has 0 amide bonds. The largest absolute Gasteiger partial charge is 0.501 e. The first-order valence-corrected chi connectivity index (χ1v) is 14.2. The SMILES string of the molecule is CCO[Si](CCCNCCN)(OCC)OC(CCN)(CCCN)C(CC)(CC)CC. The molecule has 0 aliphatic carbocycles. The van der Waals surface area contributed by atoms with Crippen molar-refractivity contribution in [2.24, 2.45) is 22.6 Å². The molecule has 0 saturated carbocycles. The molecule has 7 nitrogen and oxygen atoms in total. The fraction of sp³-hybridized carbons (Fsp3) is 1.00. The van der Waals surface area contributed by atoms with E-state index in [-0.39, 0.29) is 11.0 Å². The highest BCUT2D eigenvalue weighted by atomic mass is 28.4. The van der Waals surface area contributed by atoms with Gasteiger partial charge in [-0.1, -0.05) is 20.8 Å². The molecule has 0 aromatic rings. The average molecular weight is 449 g/mol. The van der Waals surface area contributed by atoms with Crippen LogP contribution in [0.15, 0.2) is 0 Å². The van der Waals surface area contributed by atoms with Gasteiger partial charge in [0.15, 0.2) is 0 Å². The van der Waals surface area contributed by atoms with E-state index in [4.69, 9.17) is 30.5 Å². The van der Waals surface area contributed by atoms with Crippen LogP contribution in [0.25, 0.3) is 0 Å². The zero-order valence-corrected chi connectivity index (χ0v) is 21.6. The molecule has 1 unspecified atom stereocenters. The Morgan fingerprint density at radius 1 is 0.733 bits per heavy atom. The second-order valence-corrected chi connectivity index (χ2v) is 10.7. The molecule has 0 spiro atoms. The molecular formula is C22H52N4O3Si. The molecule has 8 heteroatoms. The lowest BCUT2D eigenvalue weighted by Crippen LogP contribution is -2.60. The van der Waals surface area contributed by atoms with Crippen molar-refractivity contribution in [3.63, 3.8) is 0 Å². The van der Waals surface area contributed by atoms with Crippen molar-refractivity contribution in [2.45, 2.75) is 91.2 Å². The van der Waals surface area contributed by atoms with Gasteiger partial charge < -0.3 is 35.8 Å². The summed E-state index contributed by atoms with van der Waals surface area (Å²) in [5.41, 5.74) is 17.4. The van der Waals surface area contributed by atoms with Gasteiger partial charge in [-0.3, -0.25) is 0 Å². The van der Waals surface area contributed by atoms with E-state index in [0.29, 0.717) is 32.8 Å². The van der Waals surface area contributed by atoms with Crippen LogP contribution in [0.3, 0.4) is 0 Å². The highest BCUT2D eigenvalue weighted by molar-refractivity contribution is 6.60. The number of hydrogen-bond acceptors (Lipinski definition) is 7. The first-order chi connectivity index (χ1) is 14.4. The smallest absolute Gasteiger partial charge is 0.374 e. The lowest BCUT2D eigenvalue weighted by atomic mass is 9.63. The predicted octanol–water partition coefficient (Wildman–Crippen LogP) is 3.00. The summed E-state index contributed by atoms with van der Waals surface area (Å²) in [6, 6.07) is 0.786. The molecule has 182 valence electrons. The molecule has 0 radical (unpaired) electrons. The van der Waals surface area contributed by atoms with E-state index in [1.807, 2.05) is 13.8 Å². The van der Waals surface area contributed by atoms with Gasteiger partial charge >= 0.3 is 8.80 Å². The summed E-state index contributed by atoms with van der Waals surface area (Å²) in [7, 11) is -2.90. The molecule has 7 N–H and O–H groups in total. The van der Waals surface area contributed by atoms with Crippen molar-refractivity contribution >= 4 is 8.80 Å². The van der Waals surface area contributed by atoms with Crippen LogP contribution in [0.2, 0.25) is 6.04 Å². The molecule has 0 bridgehead atoms. The van der Waals surface area contributed by atoms with Gasteiger partial charge in [-0.05, 0) is 83.8 Å². The Balaban J connectivity index is 6.06. The second kappa shape index (κ2) is 16.6. The Morgan fingerprint density at radius 2 is 1.33 bits per heavy atom. The maximum Gasteiger partial charge on any atom is 0.501 e. The van der Waals surface area contributed by atoms with Crippen molar-refractivity contribution in [3.8, 4) is 0 Å². The molecule has 0 aliphatic rings. The summed E-state index contributed by atoms with van der Waals surface area (Å²) < 4.78 is 19.9. The number of nitrogens with two attached hydrogens (primary N) is 3. The molecule has 30 heavy (non-hydrogen) atoms. The molecule has 0 aromatic carbocycles. The first-order valence-electron chi connectivity index (χ1n) is 12.2. The van der Waals surface area contributed by atoms with E-state index in [2.05, 4.69) is 26.1 Å².